The lowest BCUT2D eigenvalue weighted by Gasteiger charge is -2.09. The molecule has 0 fully saturated rings. The van der Waals surface area contributed by atoms with Crippen molar-refractivity contribution >= 4 is 29.1 Å². The molecule has 0 aliphatic rings. The van der Waals surface area contributed by atoms with Gasteiger partial charge >= 0.3 is 0 Å². The first-order valence-corrected chi connectivity index (χ1v) is 8.18. The molecule has 2 N–H and O–H groups in total. The maximum Gasteiger partial charge on any atom is 0.270 e. The molecule has 2 aromatic carbocycles. The van der Waals surface area contributed by atoms with E-state index in [1.165, 1.54) is 0 Å². The Hall–Kier alpha value is -2.92. The second kappa shape index (κ2) is 7.77. The number of carbonyl (C=O) groups excluding carboxylic acids is 1. The Labute approximate surface area is 151 Å². The van der Waals surface area contributed by atoms with Crippen molar-refractivity contribution in [2.24, 2.45) is 0 Å². The van der Waals surface area contributed by atoms with E-state index in [1.54, 1.807) is 24.4 Å². The third-order valence-corrected chi connectivity index (χ3v) is 3.90. The smallest absolute Gasteiger partial charge is 0.270 e. The van der Waals surface area contributed by atoms with Crippen molar-refractivity contribution in [3.63, 3.8) is 0 Å². The molecule has 3 rings (SSSR count). The molecule has 6 heteroatoms. The van der Waals surface area contributed by atoms with Crippen LogP contribution in [0.25, 0.3) is 0 Å². The molecule has 0 saturated heterocycles. The Balaban J connectivity index is 1.67. The molecule has 0 bridgehead atoms. The van der Waals surface area contributed by atoms with Crippen molar-refractivity contribution in [1.29, 1.82) is 0 Å². The number of rotatable bonds is 5. The molecule has 1 heterocycles. The second-order valence-corrected chi connectivity index (χ2v) is 5.95. The van der Waals surface area contributed by atoms with Crippen LogP contribution in [0.4, 0.5) is 11.6 Å². The van der Waals surface area contributed by atoms with E-state index in [4.69, 9.17) is 11.6 Å². The van der Waals surface area contributed by atoms with E-state index in [2.05, 4.69) is 20.6 Å². The van der Waals surface area contributed by atoms with Crippen LogP contribution in [0, 0.1) is 6.92 Å². The summed E-state index contributed by atoms with van der Waals surface area (Å²) in [5, 5.41) is 6.63. The molecule has 3 aromatic rings. The summed E-state index contributed by atoms with van der Waals surface area (Å²) >= 11 is 5.85. The van der Waals surface area contributed by atoms with Crippen LogP contribution in [-0.4, -0.2) is 15.9 Å². The van der Waals surface area contributed by atoms with Gasteiger partial charge in [-0.05, 0) is 42.3 Å². The number of aromatic nitrogens is 2. The van der Waals surface area contributed by atoms with Gasteiger partial charge in [-0.25, -0.2) is 9.97 Å². The van der Waals surface area contributed by atoms with Gasteiger partial charge in [0, 0.05) is 23.5 Å². The van der Waals surface area contributed by atoms with E-state index < -0.39 is 0 Å². The number of para-hydroxylation sites is 1. The normalized spacial score (nSPS) is 10.3. The third-order valence-electron chi connectivity index (χ3n) is 3.65. The summed E-state index contributed by atoms with van der Waals surface area (Å²) in [5.74, 6) is 0.124. The van der Waals surface area contributed by atoms with Gasteiger partial charge in [0.15, 0.2) is 0 Å². The molecule has 0 saturated carbocycles. The molecule has 0 aliphatic carbocycles. The lowest BCUT2D eigenvalue weighted by molar-refractivity contribution is 0.0946. The highest BCUT2D eigenvalue weighted by atomic mass is 35.5. The zero-order valence-corrected chi connectivity index (χ0v) is 14.4. The predicted octanol–water partition coefficient (Wildman–Crippen LogP) is 4.11. The summed E-state index contributed by atoms with van der Waals surface area (Å²) in [5.41, 5.74) is 3.25. The molecule has 25 heavy (non-hydrogen) atoms. The number of aryl methyl sites for hydroxylation is 1. The van der Waals surface area contributed by atoms with Crippen molar-refractivity contribution < 1.29 is 4.79 Å². The van der Waals surface area contributed by atoms with Crippen molar-refractivity contribution in [3.8, 4) is 0 Å². The lowest BCUT2D eigenvalue weighted by atomic mass is 10.2. The molecular weight excluding hydrogens is 336 g/mol. The molecule has 126 valence electrons. The molecule has 0 radical (unpaired) electrons. The number of hydrogen-bond donors (Lipinski definition) is 2. The number of nitrogens with zero attached hydrogens (tertiary/aromatic N) is 2. The SMILES string of the molecule is Cc1ccccc1Nc1nccc(C(=O)NCc2ccc(Cl)cc2)n1. The average molecular weight is 353 g/mol. The lowest BCUT2D eigenvalue weighted by Crippen LogP contribution is -2.24. The van der Waals surface area contributed by atoms with Crippen LogP contribution in [0.3, 0.4) is 0 Å². The Morgan fingerprint density at radius 3 is 2.60 bits per heavy atom. The minimum atomic E-state index is -0.259. The van der Waals surface area contributed by atoms with Crippen LogP contribution in [0.1, 0.15) is 21.6 Å². The van der Waals surface area contributed by atoms with Gasteiger partial charge < -0.3 is 10.6 Å². The van der Waals surface area contributed by atoms with E-state index in [0.29, 0.717) is 23.2 Å². The Morgan fingerprint density at radius 1 is 1.08 bits per heavy atom. The minimum absolute atomic E-state index is 0.259. The largest absolute Gasteiger partial charge is 0.347 e. The molecule has 0 unspecified atom stereocenters. The average Bonchev–Trinajstić information content (AvgIpc) is 2.63. The maximum atomic E-state index is 12.3. The van der Waals surface area contributed by atoms with Crippen LogP contribution in [0.5, 0.6) is 0 Å². The Kier molecular flexibility index (Phi) is 5.26. The van der Waals surface area contributed by atoms with Crippen molar-refractivity contribution in [1.82, 2.24) is 15.3 Å². The summed E-state index contributed by atoms with van der Waals surface area (Å²) in [4.78, 5) is 20.8. The van der Waals surface area contributed by atoms with Crippen molar-refractivity contribution in [3.05, 3.63) is 82.6 Å². The summed E-state index contributed by atoms with van der Waals surface area (Å²) in [7, 11) is 0. The van der Waals surface area contributed by atoms with Gasteiger partial charge in [0.05, 0.1) is 0 Å². The first-order valence-electron chi connectivity index (χ1n) is 7.80. The molecule has 5 nitrogen and oxygen atoms in total. The van der Waals surface area contributed by atoms with Gasteiger partial charge in [-0.3, -0.25) is 4.79 Å². The van der Waals surface area contributed by atoms with E-state index in [1.807, 2.05) is 43.3 Å². The predicted molar refractivity (Wildman–Crippen MR) is 99.1 cm³/mol. The number of halogens is 1. The molecule has 1 amide bonds. The van der Waals surface area contributed by atoms with E-state index in [-0.39, 0.29) is 5.91 Å². The Bertz CT molecular complexity index is 881. The maximum absolute atomic E-state index is 12.3. The number of benzene rings is 2. The molecule has 0 aliphatic heterocycles. The third kappa shape index (κ3) is 4.55. The topological polar surface area (TPSA) is 66.9 Å². The first kappa shape index (κ1) is 16.9. The van der Waals surface area contributed by atoms with Crippen LogP contribution < -0.4 is 10.6 Å². The molecule has 0 spiro atoms. The molecule has 1 aromatic heterocycles. The number of nitrogens with one attached hydrogen (secondary N) is 2. The monoisotopic (exact) mass is 352 g/mol. The molecular formula is C19H17ClN4O. The van der Waals surface area contributed by atoms with Gasteiger partial charge in [-0.15, -0.1) is 0 Å². The quantitative estimate of drug-likeness (QED) is 0.725. The number of amides is 1. The van der Waals surface area contributed by atoms with Crippen LogP contribution >= 0.6 is 11.6 Å². The highest BCUT2D eigenvalue weighted by Crippen LogP contribution is 2.17. The summed E-state index contributed by atoms with van der Waals surface area (Å²) in [6.45, 7) is 2.39. The summed E-state index contributed by atoms with van der Waals surface area (Å²) in [6.07, 6.45) is 1.56. The highest BCUT2D eigenvalue weighted by Gasteiger charge is 2.09. The number of carbonyl (C=O) groups is 1. The molecule has 0 atom stereocenters. The fraction of sp³-hybridized carbons (Fsp3) is 0.105. The fourth-order valence-corrected chi connectivity index (χ4v) is 2.38. The zero-order chi connectivity index (χ0) is 17.6. The van der Waals surface area contributed by atoms with Gasteiger partial charge in [0.1, 0.15) is 5.69 Å². The minimum Gasteiger partial charge on any atom is -0.347 e. The Morgan fingerprint density at radius 2 is 1.84 bits per heavy atom. The van der Waals surface area contributed by atoms with Gasteiger partial charge in [-0.1, -0.05) is 41.9 Å². The van der Waals surface area contributed by atoms with E-state index >= 15 is 0 Å². The number of anilines is 2. The standard InChI is InChI=1S/C19H17ClN4O/c1-13-4-2-3-5-16(13)23-19-21-11-10-17(24-19)18(25)22-12-14-6-8-15(20)9-7-14/h2-11H,12H2,1H3,(H,22,25)(H,21,23,24). The summed E-state index contributed by atoms with van der Waals surface area (Å²) in [6, 6.07) is 16.7. The number of hydrogen-bond acceptors (Lipinski definition) is 4. The van der Waals surface area contributed by atoms with Crippen LogP contribution in [0.15, 0.2) is 60.8 Å². The van der Waals surface area contributed by atoms with Gasteiger partial charge in [-0.2, -0.15) is 0 Å². The van der Waals surface area contributed by atoms with E-state index in [9.17, 15) is 4.79 Å². The highest BCUT2D eigenvalue weighted by molar-refractivity contribution is 6.30. The van der Waals surface area contributed by atoms with Crippen molar-refractivity contribution in [2.45, 2.75) is 13.5 Å². The van der Waals surface area contributed by atoms with Gasteiger partial charge in [0.25, 0.3) is 5.91 Å². The van der Waals surface area contributed by atoms with Crippen LogP contribution in [-0.2, 0) is 6.54 Å². The van der Waals surface area contributed by atoms with Crippen LogP contribution in [0.2, 0.25) is 5.02 Å². The van der Waals surface area contributed by atoms with Crippen molar-refractivity contribution in [2.75, 3.05) is 5.32 Å². The second-order valence-electron chi connectivity index (χ2n) is 5.51. The van der Waals surface area contributed by atoms with Gasteiger partial charge in [0.2, 0.25) is 5.95 Å². The fourth-order valence-electron chi connectivity index (χ4n) is 2.25. The van der Waals surface area contributed by atoms with E-state index in [0.717, 1.165) is 16.8 Å². The first-order chi connectivity index (χ1) is 12.1. The summed E-state index contributed by atoms with van der Waals surface area (Å²) < 4.78 is 0. The zero-order valence-electron chi connectivity index (χ0n) is 13.7.